The average molecular weight is 297 g/mol. The molecule has 20 heavy (non-hydrogen) atoms. The van der Waals surface area contributed by atoms with Crippen LogP contribution in [0.15, 0.2) is 5.38 Å². The molecular formula is C13H23N5OS. The molecule has 6 nitrogen and oxygen atoms in total. The van der Waals surface area contributed by atoms with Gasteiger partial charge in [-0.05, 0) is 20.4 Å². The highest BCUT2D eigenvalue weighted by Gasteiger charge is 2.19. The summed E-state index contributed by atoms with van der Waals surface area (Å²) in [6, 6.07) is 0.490. The van der Waals surface area contributed by atoms with Gasteiger partial charge in [0.25, 0.3) is 5.91 Å². The van der Waals surface area contributed by atoms with Gasteiger partial charge in [-0.3, -0.25) is 9.69 Å². The van der Waals surface area contributed by atoms with E-state index in [0.29, 0.717) is 23.4 Å². The highest BCUT2D eigenvalue weighted by molar-refractivity contribution is 7.13. The third-order valence-corrected chi connectivity index (χ3v) is 4.44. The van der Waals surface area contributed by atoms with E-state index in [1.54, 1.807) is 5.38 Å². The Labute approximate surface area is 124 Å². The van der Waals surface area contributed by atoms with Crippen molar-refractivity contribution in [1.82, 2.24) is 20.1 Å². The monoisotopic (exact) mass is 297 g/mol. The molecular weight excluding hydrogens is 274 g/mol. The number of carbonyl (C=O) groups is 1. The van der Waals surface area contributed by atoms with E-state index in [4.69, 9.17) is 5.73 Å². The largest absolute Gasteiger partial charge is 0.375 e. The molecule has 0 bridgehead atoms. The third kappa shape index (κ3) is 4.16. The van der Waals surface area contributed by atoms with Crippen LogP contribution in [0.2, 0.25) is 0 Å². The molecule has 0 saturated carbocycles. The lowest BCUT2D eigenvalue weighted by atomic mass is 10.1. The fourth-order valence-corrected chi connectivity index (χ4v) is 2.87. The van der Waals surface area contributed by atoms with E-state index in [9.17, 15) is 4.79 Å². The number of carbonyl (C=O) groups excluding carboxylic acids is 1. The van der Waals surface area contributed by atoms with Crippen molar-refractivity contribution < 1.29 is 4.79 Å². The van der Waals surface area contributed by atoms with Crippen molar-refractivity contribution in [2.24, 2.45) is 0 Å². The Kier molecular flexibility index (Phi) is 5.33. The zero-order chi connectivity index (χ0) is 14.5. The van der Waals surface area contributed by atoms with Crippen molar-refractivity contribution in [1.29, 1.82) is 0 Å². The van der Waals surface area contributed by atoms with Gasteiger partial charge in [0.1, 0.15) is 5.69 Å². The Hall–Kier alpha value is -1.18. The van der Waals surface area contributed by atoms with Crippen LogP contribution in [-0.4, -0.2) is 66.5 Å². The molecule has 2 rings (SSSR count). The van der Waals surface area contributed by atoms with E-state index in [0.717, 1.165) is 32.6 Å². The number of hydrogen-bond donors (Lipinski definition) is 2. The molecule has 2 heterocycles. The number of anilines is 1. The number of hydrogen-bond acceptors (Lipinski definition) is 6. The van der Waals surface area contributed by atoms with Crippen LogP contribution < -0.4 is 11.1 Å². The number of nitrogens with one attached hydrogen (secondary N) is 1. The molecule has 0 aromatic carbocycles. The summed E-state index contributed by atoms with van der Waals surface area (Å²) in [6.07, 6.45) is 0.953. The lowest BCUT2D eigenvalue weighted by Crippen LogP contribution is -2.48. The highest BCUT2D eigenvalue weighted by atomic mass is 32.1. The van der Waals surface area contributed by atoms with Crippen LogP contribution in [0.5, 0.6) is 0 Å². The van der Waals surface area contributed by atoms with E-state index in [-0.39, 0.29) is 5.91 Å². The molecule has 7 heteroatoms. The van der Waals surface area contributed by atoms with Crippen LogP contribution in [0.3, 0.4) is 0 Å². The molecule has 1 aromatic rings. The molecule has 0 radical (unpaired) electrons. The molecule has 3 N–H and O–H groups in total. The van der Waals surface area contributed by atoms with Crippen molar-refractivity contribution in [3.05, 3.63) is 11.1 Å². The summed E-state index contributed by atoms with van der Waals surface area (Å²) in [5, 5.41) is 5.02. The zero-order valence-electron chi connectivity index (χ0n) is 12.1. The van der Waals surface area contributed by atoms with Crippen LogP contribution >= 0.6 is 11.3 Å². The van der Waals surface area contributed by atoms with E-state index < -0.39 is 0 Å². The fraction of sp³-hybridized carbons (Fsp3) is 0.692. The number of thiazole rings is 1. The number of nitrogens with two attached hydrogens (primary N) is 1. The first-order valence-corrected chi connectivity index (χ1v) is 7.86. The maximum atomic E-state index is 11.8. The zero-order valence-corrected chi connectivity index (χ0v) is 12.9. The third-order valence-electron chi connectivity index (χ3n) is 3.76. The summed E-state index contributed by atoms with van der Waals surface area (Å²) in [7, 11) is 2.15. The Morgan fingerprint density at radius 1 is 1.50 bits per heavy atom. The standard InChI is InChI=1S/C13H23N5OS/c1-10(18-7-5-17(2)6-8-18)3-4-15-12(19)11-9-20-13(14)16-11/h9-10H,3-8H2,1-2H3,(H2,14,16)(H,15,19). The predicted octanol–water partition coefficient (Wildman–Crippen LogP) is 0.481. The van der Waals surface area contributed by atoms with Gasteiger partial charge in [-0.2, -0.15) is 0 Å². The van der Waals surface area contributed by atoms with E-state index in [1.807, 2.05) is 0 Å². The minimum atomic E-state index is -0.136. The van der Waals surface area contributed by atoms with E-state index in [2.05, 4.69) is 34.1 Å². The molecule has 1 aliphatic heterocycles. The molecule has 0 aliphatic carbocycles. The molecule has 1 aliphatic rings. The number of nitrogen functional groups attached to an aromatic ring is 1. The van der Waals surface area contributed by atoms with Gasteiger partial charge in [0.2, 0.25) is 0 Å². The summed E-state index contributed by atoms with van der Waals surface area (Å²) in [5.41, 5.74) is 5.94. The maximum absolute atomic E-state index is 11.8. The molecule has 1 amide bonds. The second kappa shape index (κ2) is 7.01. The summed E-state index contributed by atoms with van der Waals surface area (Å²) in [6.45, 7) is 7.34. The van der Waals surface area contributed by atoms with Gasteiger partial charge in [0.05, 0.1) is 0 Å². The van der Waals surface area contributed by atoms with Crippen molar-refractivity contribution in [3.8, 4) is 0 Å². The number of amides is 1. The minimum Gasteiger partial charge on any atom is -0.375 e. The van der Waals surface area contributed by atoms with Crippen molar-refractivity contribution in [2.75, 3.05) is 45.5 Å². The quantitative estimate of drug-likeness (QED) is 0.827. The lowest BCUT2D eigenvalue weighted by Gasteiger charge is -2.36. The van der Waals surface area contributed by atoms with Gasteiger partial charge in [0.15, 0.2) is 5.13 Å². The molecule has 1 fully saturated rings. The summed E-state index contributed by atoms with van der Waals surface area (Å²) >= 11 is 1.29. The molecule has 1 aromatic heterocycles. The first-order chi connectivity index (χ1) is 9.56. The summed E-state index contributed by atoms with van der Waals surface area (Å²) in [4.78, 5) is 20.6. The Balaban J connectivity index is 1.69. The number of piperazine rings is 1. The number of likely N-dealkylation sites (N-methyl/N-ethyl adjacent to an activating group) is 1. The predicted molar refractivity (Wildman–Crippen MR) is 82.0 cm³/mol. The van der Waals surface area contributed by atoms with Crippen LogP contribution in [-0.2, 0) is 0 Å². The highest BCUT2D eigenvalue weighted by Crippen LogP contribution is 2.11. The van der Waals surface area contributed by atoms with Crippen molar-refractivity contribution >= 4 is 22.4 Å². The van der Waals surface area contributed by atoms with Crippen LogP contribution in [0, 0.1) is 0 Å². The van der Waals surface area contributed by atoms with Gasteiger partial charge >= 0.3 is 0 Å². The second-order valence-corrected chi connectivity index (χ2v) is 6.19. The van der Waals surface area contributed by atoms with Gasteiger partial charge in [-0.25, -0.2) is 4.98 Å². The molecule has 112 valence electrons. The van der Waals surface area contributed by atoms with E-state index >= 15 is 0 Å². The second-order valence-electron chi connectivity index (χ2n) is 5.30. The number of nitrogens with zero attached hydrogens (tertiary/aromatic N) is 3. The Morgan fingerprint density at radius 3 is 2.80 bits per heavy atom. The summed E-state index contributed by atoms with van der Waals surface area (Å²) < 4.78 is 0. The van der Waals surface area contributed by atoms with Crippen LogP contribution in [0.4, 0.5) is 5.13 Å². The lowest BCUT2D eigenvalue weighted by molar-refractivity contribution is 0.0931. The van der Waals surface area contributed by atoms with E-state index in [1.165, 1.54) is 11.3 Å². The van der Waals surface area contributed by atoms with Gasteiger partial charge in [-0.1, -0.05) is 0 Å². The molecule has 1 atom stereocenters. The van der Waals surface area contributed by atoms with Crippen LogP contribution in [0.25, 0.3) is 0 Å². The first kappa shape index (κ1) is 15.2. The average Bonchev–Trinajstić information content (AvgIpc) is 2.86. The molecule has 1 saturated heterocycles. The molecule has 1 unspecified atom stereocenters. The maximum Gasteiger partial charge on any atom is 0.270 e. The van der Waals surface area contributed by atoms with Gasteiger partial charge in [0, 0.05) is 44.1 Å². The number of rotatable bonds is 5. The van der Waals surface area contributed by atoms with Crippen LogP contribution in [0.1, 0.15) is 23.8 Å². The topological polar surface area (TPSA) is 74.5 Å². The van der Waals surface area contributed by atoms with Gasteiger partial charge in [-0.15, -0.1) is 11.3 Å². The van der Waals surface area contributed by atoms with Crippen molar-refractivity contribution in [3.63, 3.8) is 0 Å². The smallest absolute Gasteiger partial charge is 0.270 e. The Bertz CT molecular complexity index is 442. The number of aromatic nitrogens is 1. The minimum absolute atomic E-state index is 0.136. The fourth-order valence-electron chi connectivity index (χ4n) is 2.32. The van der Waals surface area contributed by atoms with Gasteiger partial charge < -0.3 is 16.0 Å². The van der Waals surface area contributed by atoms with Crippen molar-refractivity contribution in [2.45, 2.75) is 19.4 Å². The molecule has 0 spiro atoms. The SMILES string of the molecule is CC(CCNC(=O)c1csc(N)n1)N1CCN(C)CC1. The Morgan fingerprint density at radius 2 is 2.20 bits per heavy atom. The summed E-state index contributed by atoms with van der Waals surface area (Å²) in [5.74, 6) is -0.136. The normalized spacial score (nSPS) is 18.9. The first-order valence-electron chi connectivity index (χ1n) is 6.98.